The van der Waals surface area contributed by atoms with Crippen LogP contribution in [0.1, 0.15) is 23.6 Å². The predicted octanol–water partition coefficient (Wildman–Crippen LogP) is 2.96. The molecule has 152 valence electrons. The number of hydrogen-bond donors (Lipinski definition) is 1. The topological polar surface area (TPSA) is 75.7 Å². The summed E-state index contributed by atoms with van der Waals surface area (Å²) in [5.41, 5.74) is 3.49. The van der Waals surface area contributed by atoms with Gasteiger partial charge in [0, 0.05) is 0 Å². The summed E-state index contributed by atoms with van der Waals surface area (Å²) in [5, 5.41) is 2.79. The molecule has 2 rings (SSSR count). The lowest BCUT2D eigenvalue weighted by atomic mass is 10.1. The van der Waals surface area contributed by atoms with Crippen molar-refractivity contribution >= 4 is 21.6 Å². The number of ether oxygens (including phenoxy) is 1. The molecule has 28 heavy (non-hydrogen) atoms. The Balaban J connectivity index is 2.00. The Morgan fingerprint density at radius 3 is 2.14 bits per heavy atom. The molecule has 2 aromatic carbocycles. The van der Waals surface area contributed by atoms with Crippen LogP contribution in [0.3, 0.4) is 0 Å². The van der Waals surface area contributed by atoms with Crippen molar-refractivity contribution in [1.29, 1.82) is 0 Å². The van der Waals surface area contributed by atoms with Gasteiger partial charge >= 0.3 is 0 Å². The SMILES string of the molecule is Cc1ccc(OC[C@@H](C)NC(=O)CN(c2cc(C)cc(C)c2)S(C)(=O)=O)cc1. The summed E-state index contributed by atoms with van der Waals surface area (Å²) in [6.07, 6.45) is 1.10. The Hall–Kier alpha value is -2.54. The average molecular weight is 405 g/mol. The van der Waals surface area contributed by atoms with Gasteiger partial charge in [0.25, 0.3) is 0 Å². The van der Waals surface area contributed by atoms with Crippen molar-refractivity contribution in [3.8, 4) is 5.75 Å². The van der Waals surface area contributed by atoms with Gasteiger partial charge in [-0.1, -0.05) is 23.8 Å². The molecule has 2 aromatic rings. The van der Waals surface area contributed by atoms with Crippen molar-refractivity contribution < 1.29 is 17.9 Å². The van der Waals surface area contributed by atoms with E-state index in [0.29, 0.717) is 5.69 Å². The molecule has 7 heteroatoms. The third-order valence-corrected chi connectivity index (χ3v) is 5.25. The third kappa shape index (κ3) is 6.56. The fourth-order valence-electron chi connectivity index (χ4n) is 2.84. The molecule has 0 aliphatic heterocycles. The van der Waals surface area contributed by atoms with Crippen LogP contribution in [0.2, 0.25) is 0 Å². The Kier molecular flexibility index (Phi) is 7.07. The number of sulfonamides is 1. The van der Waals surface area contributed by atoms with Crippen molar-refractivity contribution in [3.05, 3.63) is 59.2 Å². The molecule has 0 spiro atoms. The first-order valence-corrected chi connectivity index (χ1v) is 10.9. The lowest BCUT2D eigenvalue weighted by Gasteiger charge is -2.24. The standard InChI is InChI=1S/C21H28N2O4S/c1-15-6-8-20(9-7-15)27-14-18(4)22-21(24)13-23(28(5,25)26)19-11-16(2)10-17(3)12-19/h6-12,18H,13-14H2,1-5H3,(H,22,24)/t18-/m1/s1. The molecule has 0 aliphatic carbocycles. The van der Waals surface area contributed by atoms with Gasteiger partial charge in [-0.3, -0.25) is 9.10 Å². The molecule has 0 heterocycles. The van der Waals surface area contributed by atoms with Crippen LogP contribution in [-0.4, -0.2) is 39.8 Å². The molecule has 1 N–H and O–H groups in total. The van der Waals surface area contributed by atoms with Gasteiger partial charge in [-0.05, 0) is 63.1 Å². The maximum atomic E-state index is 12.4. The molecule has 1 amide bonds. The number of carbonyl (C=O) groups excluding carboxylic acids is 1. The maximum Gasteiger partial charge on any atom is 0.241 e. The van der Waals surface area contributed by atoms with Crippen LogP contribution in [0.5, 0.6) is 5.75 Å². The van der Waals surface area contributed by atoms with E-state index < -0.39 is 10.0 Å². The fourth-order valence-corrected chi connectivity index (χ4v) is 3.68. The second-order valence-corrected chi connectivity index (χ2v) is 9.11. The number of anilines is 1. The zero-order valence-corrected chi connectivity index (χ0v) is 17.8. The summed E-state index contributed by atoms with van der Waals surface area (Å²) in [6.45, 7) is 7.60. The van der Waals surface area contributed by atoms with E-state index in [1.165, 1.54) is 0 Å². The molecule has 0 aliphatic rings. The van der Waals surface area contributed by atoms with Gasteiger partial charge in [0.2, 0.25) is 15.9 Å². The van der Waals surface area contributed by atoms with E-state index in [4.69, 9.17) is 4.74 Å². The van der Waals surface area contributed by atoms with Gasteiger partial charge in [0.05, 0.1) is 18.0 Å². The largest absolute Gasteiger partial charge is 0.491 e. The molecule has 1 atom stereocenters. The minimum absolute atomic E-state index is 0.269. The molecule has 0 radical (unpaired) electrons. The quantitative estimate of drug-likeness (QED) is 0.734. The summed E-state index contributed by atoms with van der Waals surface area (Å²) >= 11 is 0. The van der Waals surface area contributed by atoms with E-state index in [9.17, 15) is 13.2 Å². The summed E-state index contributed by atoms with van der Waals surface area (Å²) in [4.78, 5) is 12.4. The molecule has 0 bridgehead atoms. The lowest BCUT2D eigenvalue weighted by molar-refractivity contribution is -0.120. The molecule has 0 unspecified atom stereocenters. The number of hydrogen-bond acceptors (Lipinski definition) is 4. The number of rotatable bonds is 8. The van der Waals surface area contributed by atoms with Gasteiger partial charge in [0.15, 0.2) is 0 Å². The van der Waals surface area contributed by atoms with Crippen molar-refractivity contribution in [2.75, 3.05) is 23.7 Å². The minimum Gasteiger partial charge on any atom is -0.491 e. The normalized spacial score (nSPS) is 12.3. The number of aryl methyl sites for hydroxylation is 3. The van der Waals surface area contributed by atoms with Gasteiger partial charge in [-0.2, -0.15) is 0 Å². The van der Waals surface area contributed by atoms with Gasteiger partial charge in [-0.15, -0.1) is 0 Å². The highest BCUT2D eigenvalue weighted by atomic mass is 32.2. The summed E-state index contributed by atoms with van der Waals surface area (Å²) in [7, 11) is -3.60. The first-order chi connectivity index (χ1) is 13.0. The second-order valence-electron chi connectivity index (χ2n) is 7.21. The molecule has 0 aromatic heterocycles. The van der Waals surface area contributed by atoms with E-state index in [1.54, 1.807) is 12.1 Å². The van der Waals surface area contributed by atoms with Crippen LogP contribution < -0.4 is 14.4 Å². The fraction of sp³-hybridized carbons (Fsp3) is 0.381. The van der Waals surface area contributed by atoms with Crippen LogP contribution in [-0.2, 0) is 14.8 Å². The smallest absolute Gasteiger partial charge is 0.241 e. The minimum atomic E-state index is -3.60. The zero-order valence-electron chi connectivity index (χ0n) is 17.0. The van der Waals surface area contributed by atoms with Crippen molar-refractivity contribution in [3.63, 3.8) is 0 Å². The van der Waals surface area contributed by atoms with Crippen molar-refractivity contribution in [1.82, 2.24) is 5.32 Å². The van der Waals surface area contributed by atoms with E-state index in [-0.39, 0.29) is 25.1 Å². The van der Waals surface area contributed by atoms with E-state index >= 15 is 0 Å². The highest BCUT2D eigenvalue weighted by Crippen LogP contribution is 2.21. The first kappa shape index (κ1) is 21.8. The Bertz CT molecular complexity index is 904. The van der Waals surface area contributed by atoms with Gasteiger partial charge in [-0.25, -0.2) is 8.42 Å². The third-order valence-electron chi connectivity index (χ3n) is 4.11. The van der Waals surface area contributed by atoms with Crippen LogP contribution in [0.4, 0.5) is 5.69 Å². The lowest BCUT2D eigenvalue weighted by Crippen LogP contribution is -2.45. The highest BCUT2D eigenvalue weighted by Gasteiger charge is 2.22. The number of amides is 1. The van der Waals surface area contributed by atoms with Crippen molar-refractivity contribution in [2.45, 2.75) is 33.7 Å². The molecule has 0 fully saturated rings. The molecule has 0 saturated carbocycles. The maximum absolute atomic E-state index is 12.4. The van der Waals surface area contributed by atoms with Crippen LogP contribution in [0, 0.1) is 20.8 Å². The second kappa shape index (κ2) is 9.10. The van der Waals surface area contributed by atoms with E-state index in [1.807, 2.05) is 58.0 Å². The van der Waals surface area contributed by atoms with Crippen LogP contribution in [0.25, 0.3) is 0 Å². The summed E-state index contributed by atoms with van der Waals surface area (Å²) in [6, 6.07) is 12.8. The van der Waals surface area contributed by atoms with Crippen LogP contribution >= 0.6 is 0 Å². The van der Waals surface area contributed by atoms with E-state index in [2.05, 4.69) is 5.32 Å². The number of carbonyl (C=O) groups is 1. The zero-order chi connectivity index (χ0) is 20.9. The highest BCUT2D eigenvalue weighted by molar-refractivity contribution is 7.92. The van der Waals surface area contributed by atoms with Crippen molar-refractivity contribution in [2.24, 2.45) is 0 Å². The van der Waals surface area contributed by atoms with Crippen LogP contribution in [0.15, 0.2) is 42.5 Å². The Labute approximate surface area is 167 Å². The van der Waals surface area contributed by atoms with Gasteiger partial charge in [0.1, 0.15) is 18.9 Å². The number of benzene rings is 2. The monoisotopic (exact) mass is 404 g/mol. The Morgan fingerprint density at radius 2 is 1.61 bits per heavy atom. The Morgan fingerprint density at radius 1 is 1.04 bits per heavy atom. The summed E-state index contributed by atoms with van der Waals surface area (Å²) in [5.74, 6) is 0.337. The molecule has 6 nitrogen and oxygen atoms in total. The predicted molar refractivity (Wildman–Crippen MR) is 112 cm³/mol. The van der Waals surface area contributed by atoms with Gasteiger partial charge < -0.3 is 10.1 Å². The molecular formula is C21H28N2O4S. The average Bonchev–Trinajstić information content (AvgIpc) is 2.57. The number of nitrogens with zero attached hydrogens (tertiary/aromatic N) is 1. The van der Waals surface area contributed by atoms with E-state index in [0.717, 1.165) is 33.0 Å². The summed E-state index contributed by atoms with van der Waals surface area (Å²) < 4.78 is 31.3. The first-order valence-electron chi connectivity index (χ1n) is 9.09. The number of nitrogens with one attached hydrogen (secondary N) is 1. The molecular weight excluding hydrogens is 376 g/mol. The molecule has 0 saturated heterocycles.